The smallest absolute Gasteiger partial charge is 0.319 e. The molecule has 0 saturated carbocycles. The molecule has 4 amide bonds. The van der Waals surface area contributed by atoms with Crippen molar-refractivity contribution < 1.29 is 9.59 Å². The van der Waals surface area contributed by atoms with Crippen LogP contribution in [-0.4, -0.2) is 81.2 Å². The molecule has 34 heavy (non-hydrogen) atoms. The molecule has 0 aliphatic rings. The van der Waals surface area contributed by atoms with Gasteiger partial charge in [-0.25, -0.2) is 14.6 Å². The summed E-state index contributed by atoms with van der Waals surface area (Å²) in [7, 11) is 8.03. The highest BCUT2D eigenvalue weighted by Crippen LogP contribution is 2.24. The Morgan fingerprint density at radius 3 is 1.56 bits per heavy atom. The van der Waals surface area contributed by atoms with Crippen LogP contribution in [0, 0.1) is 0 Å². The van der Waals surface area contributed by atoms with Gasteiger partial charge in [0.05, 0.1) is 11.0 Å². The summed E-state index contributed by atoms with van der Waals surface area (Å²) in [6.07, 6.45) is 1.77. The number of nitrogens with zero attached hydrogens (tertiary/aromatic N) is 3. The van der Waals surface area contributed by atoms with Crippen molar-refractivity contribution in [3.63, 3.8) is 0 Å². The lowest BCUT2D eigenvalue weighted by atomic mass is 10.1. The quantitative estimate of drug-likeness (QED) is 0.271. The van der Waals surface area contributed by atoms with Gasteiger partial charge in [-0.15, -0.1) is 0 Å². The Kier molecular flexibility index (Phi) is 9.00. The van der Waals surface area contributed by atoms with Gasteiger partial charge in [-0.1, -0.05) is 12.1 Å². The SMILES string of the molecule is CN(C)CCCNC(=O)Nc1ccc2cc3ccc(NC(=O)NCCCN(C)C)cc3nc2c1. The molecule has 1 heterocycles. The molecule has 3 rings (SSSR count). The van der Waals surface area contributed by atoms with E-state index in [1.807, 2.05) is 70.7 Å². The van der Waals surface area contributed by atoms with Crippen LogP contribution in [0.4, 0.5) is 21.0 Å². The van der Waals surface area contributed by atoms with E-state index in [9.17, 15) is 9.59 Å². The van der Waals surface area contributed by atoms with Crippen LogP contribution < -0.4 is 21.3 Å². The number of carbonyl (C=O) groups is 2. The second-order valence-corrected chi connectivity index (χ2v) is 8.88. The number of hydrogen-bond donors (Lipinski definition) is 4. The molecule has 0 fully saturated rings. The Hall–Kier alpha value is -3.43. The number of anilines is 2. The highest BCUT2D eigenvalue weighted by atomic mass is 16.2. The summed E-state index contributed by atoms with van der Waals surface area (Å²) < 4.78 is 0. The van der Waals surface area contributed by atoms with Crippen molar-refractivity contribution in [3.05, 3.63) is 42.5 Å². The van der Waals surface area contributed by atoms with Crippen molar-refractivity contribution in [2.45, 2.75) is 12.8 Å². The minimum absolute atomic E-state index is 0.234. The molecule has 0 radical (unpaired) electrons. The van der Waals surface area contributed by atoms with Gasteiger partial charge < -0.3 is 31.1 Å². The van der Waals surface area contributed by atoms with E-state index in [1.54, 1.807) is 0 Å². The summed E-state index contributed by atoms with van der Waals surface area (Å²) in [6, 6.07) is 12.9. The molecule has 182 valence electrons. The molecule has 2 aromatic carbocycles. The Bertz CT molecular complexity index is 1050. The van der Waals surface area contributed by atoms with Crippen LogP contribution in [0.1, 0.15) is 12.8 Å². The molecular weight excluding hydrogens is 430 g/mol. The molecular formula is C25H35N7O2. The van der Waals surface area contributed by atoms with E-state index in [1.165, 1.54) is 0 Å². The van der Waals surface area contributed by atoms with E-state index < -0.39 is 0 Å². The Labute approximate surface area is 200 Å². The number of rotatable bonds is 10. The summed E-state index contributed by atoms with van der Waals surface area (Å²) in [5.41, 5.74) is 2.89. The van der Waals surface area contributed by atoms with Crippen molar-refractivity contribution in [1.82, 2.24) is 25.4 Å². The van der Waals surface area contributed by atoms with Gasteiger partial charge in [0.25, 0.3) is 0 Å². The van der Waals surface area contributed by atoms with Crippen LogP contribution >= 0.6 is 0 Å². The van der Waals surface area contributed by atoms with Crippen LogP contribution in [0.25, 0.3) is 21.8 Å². The third-order valence-electron chi connectivity index (χ3n) is 5.26. The van der Waals surface area contributed by atoms with Crippen LogP contribution in [0.3, 0.4) is 0 Å². The predicted molar refractivity (Wildman–Crippen MR) is 140 cm³/mol. The van der Waals surface area contributed by atoms with Crippen LogP contribution in [0.5, 0.6) is 0 Å². The van der Waals surface area contributed by atoms with Crippen molar-refractivity contribution in [2.24, 2.45) is 0 Å². The summed E-state index contributed by atoms with van der Waals surface area (Å²) in [5, 5.41) is 13.4. The zero-order valence-corrected chi connectivity index (χ0v) is 20.4. The maximum absolute atomic E-state index is 12.2. The number of fused-ring (bicyclic) bond motifs is 2. The largest absolute Gasteiger partial charge is 0.338 e. The number of aromatic nitrogens is 1. The maximum Gasteiger partial charge on any atom is 0.319 e. The molecule has 9 heteroatoms. The van der Waals surface area contributed by atoms with E-state index in [4.69, 9.17) is 4.98 Å². The number of amides is 4. The normalized spacial score (nSPS) is 11.2. The van der Waals surface area contributed by atoms with Gasteiger partial charge in [0.15, 0.2) is 0 Å². The van der Waals surface area contributed by atoms with Gasteiger partial charge in [0.1, 0.15) is 0 Å². The summed E-state index contributed by atoms with van der Waals surface area (Å²) in [4.78, 5) is 33.3. The van der Waals surface area contributed by atoms with Crippen molar-refractivity contribution in [2.75, 3.05) is 65.0 Å². The first-order chi connectivity index (χ1) is 16.3. The lowest BCUT2D eigenvalue weighted by Gasteiger charge is -2.12. The highest BCUT2D eigenvalue weighted by molar-refractivity contribution is 5.98. The highest BCUT2D eigenvalue weighted by Gasteiger charge is 2.07. The monoisotopic (exact) mass is 465 g/mol. The second-order valence-electron chi connectivity index (χ2n) is 8.88. The van der Waals surface area contributed by atoms with E-state index in [0.29, 0.717) is 24.5 Å². The molecule has 1 aromatic heterocycles. The fourth-order valence-corrected chi connectivity index (χ4v) is 3.52. The van der Waals surface area contributed by atoms with Crippen molar-refractivity contribution in [3.8, 4) is 0 Å². The van der Waals surface area contributed by atoms with Crippen LogP contribution in [0.2, 0.25) is 0 Å². The summed E-state index contributed by atoms with van der Waals surface area (Å²) in [6.45, 7) is 3.06. The van der Waals surface area contributed by atoms with Gasteiger partial charge in [-0.05, 0) is 84.5 Å². The zero-order valence-electron chi connectivity index (χ0n) is 20.4. The van der Waals surface area contributed by atoms with E-state index in [2.05, 4.69) is 31.1 Å². The standard InChI is InChI=1S/C25H35N7O2/c1-31(2)13-5-11-26-24(33)28-20-9-7-18-15-19-8-10-21(17-23(19)30-22(18)16-20)29-25(34)27-12-6-14-32(3)4/h7-10,15-17H,5-6,11-14H2,1-4H3,(H2,26,28,33)(H2,27,29,34). The van der Waals surface area contributed by atoms with Gasteiger partial charge >= 0.3 is 12.1 Å². The number of carbonyl (C=O) groups excluding carboxylic acids is 2. The number of hydrogen-bond acceptors (Lipinski definition) is 5. The molecule has 0 saturated heterocycles. The van der Waals surface area contributed by atoms with E-state index in [0.717, 1.165) is 47.7 Å². The molecule has 0 unspecified atom stereocenters. The molecule has 4 N–H and O–H groups in total. The van der Waals surface area contributed by atoms with Gasteiger partial charge in [-0.2, -0.15) is 0 Å². The third-order valence-corrected chi connectivity index (χ3v) is 5.26. The predicted octanol–water partition coefficient (Wildman–Crippen LogP) is 3.53. The lowest BCUT2D eigenvalue weighted by Crippen LogP contribution is -2.31. The first-order valence-corrected chi connectivity index (χ1v) is 11.5. The Morgan fingerprint density at radius 2 is 1.15 bits per heavy atom. The fourth-order valence-electron chi connectivity index (χ4n) is 3.52. The first-order valence-electron chi connectivity index (χ1n) is 11.5. The molecule has 0 bridgehead atoms. The Morgan fingerprint density at radius 1 is 0.706 bits per heavy atom. The maximum atomic E-state index is 12.2. The minimum Gasteiger partial charge on any atom is -0.338 e. The summed E-state index contributed by atoms with van der Waals surface area (Å²) >= 11 is 0. The van der Waals surface area contributed by atoms with E-state index >= 15 is 0 Å². The molecule has 0 aliphatic carbocycles. The second kappa shape index (κ2) is 12.2. The topological polar surface area (TPSA) is 102 Å². The average Bonchev–Trinajstić information content (AvgIpc) is 2.78. The number of pyridine rings is 1. The van der Waals surface area contributed by atoms with Gasteiger partial charge in [-0.3, -0.25) is 0 Å². The summed E-state index contributed by atoms with van der Waals surface area (Å²) in [5.74, 6) is 0. The van der Waals surface area contributed by atoms with Crippen LogP contribution in [-0.2, 0) is 0 Å². The molecule has 3 aromatic rings. The lowest BCUT2D eigenvalue weighted by molar-refractivity contribution is 0.250. The minimum atomic E-state index is -0.234. The fraction of sp³-hybridized carbons (Fsp3) is 0.400. The molecule has 0 aliphatic heterocycles. The van der Waals surface area contributed by atoms with E-state index in [-0.39, 0.29) is 12.1 Å². The molecule has 0 spiro atoms. The van der Waals surface area contributed by atoms with Crippen molar-refractivity contribution >= 4 is 45.2 Å². The molecule has 9 nitrogen and oxygen atoms in total. The van der Waals surface area contributed by atoms with Gasteiger partial charge in [0, 0.05) is 35.2 Å². The molecule has 0 atom stereocenters. The van der Waals surface area contributed by atoms with Crippen LogP contribution in [0.15, 0.2) is 42.5 Å². The number of benzene rings is 2. The number of urea groups is 2. The van der Waals surface area contributed by atoms with Gasteiger partial charge in [0.2, 0.25) is 0 Å². The average molecular weight is 466 g/mol. The van der Waals surface area contributed by atoms with Crippen molar-refractivity contribution in [1.29, 1.82) is 0 Å². The number of nitrogens with one attached hydrogen (secondary N) is 4. The first kappa shape index (κ1) is 25.2. The third kappa shape index (κ3) is 7.86. The Balaban J connectivity index is 1.63. The zero-order chi connectivity index (χ0) is 24.5.